The molecule has 0 aliphatic heterocycles. The van der Waals surface area contributed by atoms with Crippen molar-refractivity contribution >= 4 is 39.5 Å². The Morgan fingerprint density at radius 2 is 1.95 bits per heavy atom. The third kappa shape index (κ3) is 3.87. The van der Waals surface area contributed by atoms with Crippen molar-refractivity contribution in [1.29, 1.82) is 0 Å². The quantitative estimate of drug-likeness (QED) is 0.653. The number of benzene rings is 2. The smallest absolute Gasteiger partial charge is 0.357 e. The third-order valence-electron chi connectivity index (χ3n) is 2.72. The SMILES string of the molecule is CC(=O)CC(=O)Nc1ccc2ccccc2c1OS(=O)O. The fourth-order valence-corrected chi connectivity index (χ4v) is 2.25. The summed E-state index contributed by atoms with van der Waals surface area (Å²) in [6.45, 7) is 1.31. The third-order valence-corrected chi connectivity index (χ3v) is 3.03. The summed E-state index contributed by atoms with van der Waals surface area (Å²) in [4.78, 5) is 22.6. The fraction of sp³-hybridized carbons (Fsp3) is 0.143. The fourth-order valence-electron chi connectivity index (χ4n) is 1.92. The van der Waals surface area contributed by atoms with E-state index < -0.39 is 17.3 Å². The first-order chi connectivity index (χ1) is 9.97. The molecule has 6 nitrogen and oxygen atoms in total. The van der Waals surface area contributed by atoms with Crippen molar-refractivity contribution in [2.45, 2.75) is 13.3 Å². The average molecular weight is 307 g/mol. The van der Waals surface area contributed by atoms with E-state index in [0.29, 0.717) is 5.39 Å². The number of hydrogen-bond acceptors (Lipinski definition) is 4. The number of carbonyl (C=O) groups is 2. The number of amides is 1. The zero-order valence-corrected chi connectivity index (χ0v) is 12.0. The number of rotatable bonds is 5. The molecule has 2 aromatic carbocycles. The summed E-state index contributed by atoms with van der Waals surface area (Å²) >= 11 is -2.53. The summed E-state index contributed by atoms with van der Waals surface area (Å²) in [5.41, 5.74) is 0.238. The van der Waals surface area contributed by atoms with Gasteiger partial charge in [-0.3, -0.25) is 14.1 Å². The molecular weight excluding hydrogens is 294 g/mol. The molecule has 0 heterocycles. The molecule has 21 heavy (non-hydrogen) atoms. The van der Waals surface area contributed by atoms with E-state index in [1.807, 2.05) is 12.1 Å². The molecular formula is C14H13NO5S. The lowest BCUT2D eigenvalue weighted by Crippen LogP contribution is -2.15. The molecule has 7 heteroatoms. The summed E-state index contributed by atoms with van der Waals surface area (Å²) in [5, 5.41) is 3.89. The molecule has 0 bridgehead atoms. The second-order valence-corrected chi connectivity index (χ2v) is 4.99. The molecule has 0 radical (unpaired) electrons. The van der Waals surface area contributed by atoms with Gasteiger partial charge in [0.15, 0.2) is 5.75 Å². The summed E-state index contributed by atoms with van der Waals surface area (Å²) in [6.07, 6.45) is -0.269. The number of hydrogen-bond donors (Lipinski definition) is 2. The van der Waals surface area contributed by atoms with Gasteiger partial charge in [-0.15, -0.1) is 0 Å². The molecule has 1 amide bonds. The van der Waals surface area contributed by atoms with Gasteiger partial charge in [-0.1, -0.05) is 30.3 Å². The Labute approximate surface area is 123 Å². The van der Waals surface area contributed by atoms with Crippen molar-refractivity contribution in [2.24, 2.45) is 0 Å². The topological polar surface area (TPSA) is 92.7 Å². The molecule has 0 spiro atoms. The lowest BCUT2D eigenvalue weighted by molar-refractivity contribution is -0.124. The van der Waals surface area contributed by atoms with Gasteiger partial charge in [0.2, 0.25) is 5.91 Å². The molecule has 2 N–H and O–H groups in total. The van der Waals surface area contributed by atoms with E-state index in [9.17, 15) is 13.8 Å². The van der Waals surface area contributed by atoms with Gasteiger partial charge < -0.3 is 9.50 Å². The van der Waals surface area contributed by atoms with E-state index in [4.69, 9.17) is 8.74 Å². The summed E-state index contributed by atoms with van der Waals surface area (Å²) < 4.78 is 24.8. The molecule has 1 atom stereocenters. The van der Waals surface area contributed by atoms with Crippen molar-refractivity contribution in [3.63, 3.8) is 0 Å². The summed E-state index contributed by atoms with van der Waals surface area (Å²) in [6, 6.07) is 10.4. The van der Waals surface area contributed by atoms with Crippen LogP contribution in [0.3, 0.4) is 0 Å². The Kier molecular flexibility index (Phi) is 4.66. The van der Waals surface area contributed by atoms with Gasteiger partial charge in [0, 0.05) is 5.39 Å². The summed E-state index contributed by atoms with van der Waals surface area (Å²) in [7, 11) is 0. The second-order valence-electron chi connectivity index (χ2n) is 4.39. The molecule has 2 rings (SSSR count). The van der Waals surface area contributed by atoms with E-state index in [2.05, 4.69) is 5.32 Å². The summed E-state index contributed by atoms with van der Waals surface area (Å²) in [5.74, 6) is -0.696. The number of anilines is 1. The van der Waals surface area contributed by atoms with Gasteiger partial charge >= 0.3 is 11.4 Å². The van der Waals surface area contributed by atoms with Crippen LogP contribution in [-0.4, -0.2) is 20.5 Å². The number of fused-ring (bicyclic) bond motifs is 1. The van der Waals surface area contributed by atoms with Gasteiger partial charge in [-0.25, -0.2) is 0 Å². The van der Waals surface area contributed by atoms with Crippen molar-refractivity contribution in [2.75, 3.05) is 5.32 Å². The highest BCUT2D eigenvalue weighted by Gasteiger charge is 2.14. The van der Waals surface area contributed by atoms with Crippen LogP contribution in [-0.2, 0) is 21.0 Å². The van der Waals surface area contributed by atoms with Crippen LogP contribution < -0.4 is 9.50 Å². The zero-order valence-electron chi connectivity index (χ0n) is 11.2. The predicted molar refractivity (Wildman–Crippen MR) is 79.3 cm³/mol. The Bertz CT molecular complexity index is 728. The zero-order chi connectivity index (χ0) is 15.4. The van der Waals surface area contributed by atoms with Gasteiger partial charge in [-0.05, 0) is 18.4 Å². The van der Waals surface area contributed by atoms with Crippen LogP contribution >= 0.6 is 0 Å². The van der Waals surface area contributed by atoms with Gasteiger partial charge in [-0.2, -0.15) is 4.21 Å². The molecule has 0 aromatic heterocycles. The molecule has 0 saturated heterocycles. The normalized spacial score (nSPS) is 11.9. The van der Waals surface area contributed by atoms with Crippen LogP contribution in [0.4, 0.5) is 5.69 Å². The van der Waals surface area contributed by atoms with Crippen LogP contribution in [0.25, 0.3) is 10.8 Å². The standard InChI is InChI=1S/C14H13NO5S/c1-9(16)8-13(17)15-12-7-6-10-4-2-3-5-11(10)14(12)20-21(18)19/h2-7H,8H2,1H3,(H,15,17)(H,18,19). The Morgan fingerprint density at radius 3 is 2.62 bits per heavy atom. The van der Waals surface area contributed by atoms with Crippen LogP contribution in [0.15, 0.2) is 36.4 Å². The van der Waals surface area contributed by atoms with Gasteiger partial charge in [0.1, 0.15) is 5.78 Å². The number of ketones is 1. The van der Waals surface area contributed by atoms with Crippen molar-refractivity contribution in [3.05, 3.63) is 36.4 Å². The Balaban J connectivity index is 2.44. The molecule has 2 aromatic rings. The van der Waals surface area contributed by atoms with E-state index in [1.54, 1.807) is 24.3 Å². The Hall–Kier alpha value is -2.25. The molecule has 0 aliphatic rings. The van der Waals surface area contributed by atoms with Crippen molar-refractivity contribution in [1.82, 2.24) is 0 Å². The van der Waals surface area contributed by atoms with E-state index in [1.165, 1.54) is 6.92 Å². The van der Waals surface area contributed by atoms with Crippen LogP contribution in [0.2, 0.25) is 0 Å². The minimum atomic E-state index is -2.53. The van der Waals surface area contributed by atoms with Crippen LogP contribution in [0, 0.1) is 0 Å². The monoisotopic (exact) mass is 307 g/mol. The predicted octanol–water partition coefficient (Wildman–Crippen LogP) is 2.27. The Morgan fingerprint density at radius 1 is 1.24 bits per heavy atom. The van der Waals surface area contributed by atoms with Gasteiger partial charge in [0.25, 0.3) is 0 Å². The molecule has 110 valence electrons. The lowest BCUT2D eigenvalue weighted by atomic mass is 10.1. The highest BCUT2D eigenvalue weighted by molar-refractivity contribution is 7.74. The lowest BCUT2D eigenvalue weighted by Gasteiger charge is -2.12. The van der Waals surface area contributed by atoms with E-state index >= 15 is 0 Å². The molecule has 0 saturated carbocycles. The maximum Gasteiger partial charge on any atom is 0.357 e. The van der Waals surface area contributed by atoms with Crippen LogP contribution in [0.1, 0.15) is 13.3 Å². The first kappa shape index (κ1) is 15.1. The molecule has 1 unspecified atom stereocenters. The van der Waals surface area contributed by atoms with Crippen molar-refractivity contribution < 1.29 is 22.5 Å². The highest BCUT2D eigenvalue weighted by atomic mass is 32.2. The first-order valence-corrected chi connectivity index (χ1v) is 7.11. The second kappa shape index (κ2) is 6.47. The maximum absolute atomic E-state index is 11.7. The molecule has 0 fully saturated rings. The highest BCUT2D eigenvalue weighted by Crippen LogP contribution is 2.34. The number of Topliss-reactive ketones (excluding diaryl/α,β-unsaturated/α-hetero) is 1. The van der Waals surface area contributed by atoms with E-state index in [-0.39, 0.29) is 23.6 Å². The maximum atomic E-state index is 11.7. The average Bonchev–Trinajstić information content (AvgIpc) is 2.40. The van der Waals surface area contributed by atoms with Crippen molar-refractivity contribution in [3.8, 4) is 5.75 Å². The minimum absolute atomic E-state index is 0.0887. The minimum Gasteiger partial charge on any atom is -0.377 e. The number of carbonyl (C=O) groups excluding carboxylic acids is 2. The van der Waals surface area contributed by atoms with Gasteiger partial charge in [0.05, 0.1) is 12.1 Å². The molecule has 0 aliphatic carbocycles. The van der Waals surface area contributed by atoms with E-state index in [0.717, 1.165) is 5.39 Å². The number of nitrogens with one attached hydrogen (secondary N) is 1. The van der Waals surface area contributed by atoms with Crippen LogP contribution in [0.5, 0.6) is 5.75 Å². The largest absolute Gasteiger partial charge is 0.377 e. The first-order valence-electron chi connectivity index (χ1n) is 6.07.